The van der Waals surface area contributed by atoms with Gasteiger partial charge in [-0.25, -0.2) is 0 Å². The lowest BCUT2D eigenvalue weighted by atomic mass is 10.0. The van der Waals surface area contributed by atoms with Gasteiger partial charge in [-0.3, -0.25) is 4.79 Å². The number of hydrogen-bond donors (Lipinski definition) is 1. The number of methoxy groups -OCH3 is 1. The fourth-order valence-electron chi connectivity index (χ4n) is 2.57. The Morgan fingerprint density at radius 3 is 2.39 bits per heavy atom. The number of carbonyl (C=O) groups is 1. The van der Waals surface area contributed by atoms with Crippen LogP contribution >= 0.6 is 23.2 Å². The Labute approximate surface area is 171 Å². The fourth-order valence-corrected chi connectivity index (χ4v) is 3.04. The third-order valence-electron chi connectivity index (χ3n) is 3.95. The minimum absolute atomic E-state index is 0.0523. The van der Waals surface area contributed by atoms with Gasteiger partial charge in [0, 0.05) is 11.6 Å². The average molecular weight is 435 g/mol. The van der Waals surface area contributed by atoms with Crippen LogP contribution in [-0.2, 0) is 12.6 Å². The molecule has 0 aliphatic carbocycles. The van der Waals surface area contributed by atoms with E-state index in [1.165, 1.54) is 13.2 Å². The molecule has 2 aromatic rings. The van der Waals surface area contributed by atoms with E-state index in [1.54, 1.807) is 6.07 Å². The van der Waals surface area contributed by atoms with Gasteiger partial charge in [-0.1, -0.05) is 23.2 Å². The summed E-state index contributed by atoms with van der Waals surface area (Å²) in [5.74, 6) is -0.237. The van der Waals surface area contributed by atoms with E-state index in [-0.39, 0.29) is 16.3 Å². The van der Waals surface area contributed by atoms with E-state index in [4.69, 9.17) is 27.9 Å². The zero-order valence-corrected chi connectivity index (χ0v) is 17.0. The van der Waals surface area contributed by atoms with Crippen molar-refractivity contribution in [3.63, 3.8) is 0 Å². The van der Waals surface area contributed by atoms with E-state index in [2.05, 4.69) is 5.32 Å². The minimum Gasteiger partial charge on any atom is -0.496 e. The van der Waals surface area contributed by atoms with E-state index in [9.17, 15) is 18.0 Å². The molecule has 1 amide bonds. The first-order chi connectivity index (χ1) is 13.0. The molecule has 0 saturated carbocycles. The number of benzene rings is 2. The SMILES string of the molecule is COc1c(CCN(C)C)cc(Cl)cc1C(=O)Nc1ccc(C(F)(F)F)cc1Cl. The third kappa shape index (κ3) is 5.53. The van der Waals surface area contributed by atoms with Crippen LogP contribution in [-0.4, -0.2) is 38.6 Å². The van der Waals surface area contributed by atoms with Crippen molar-refractivity contribution in [2.45, 2.75) is 12.6 Å². The van der Waals surface area contributed by atoms with Crippen molar-refractivity contribution in [3.05, 3.63) is 57.1 Å². The van der Waals surface area contributed by atoms with Gasteiger partial charge in [0.05, 0.1) is 28.9 Å². The largest absolute Gasteiger partial charge is 0.496 e. The number of nitrogens with one attached hydrogen (secondary N) is 1. The molecule has 9 heteroatoms. The summed E-state index contributed by atoms with van der Waals surface area (Å²) in [5.41, 5.74) is 0.0606. The highest BCUT2D eigenvalue weighted by molar-refractivity contribution is 6.34. The molecule has 0 aliphatic rings. The van der Waals surface area contributed by atoms with E-state index >= 15 is 0 Å². The fraction of sp³-hybridized carbons (Fsp3) is 0.316. The van der Waals surface area contributed by atoms with Gasteiger partial charge in [-0.15, -0.1) is 0 Å². The van der Waals surface area contributed by atoms with Gasteiger partial charge < -0.3 is 15.0 Å². The van der Waals surface area contributed by atoms with Gasteiger partial charge in [-0.2, -0.15) is 13.2 Å². The third-order valence-corrected chi connectivity index (χ3v) is 4.48. The monoisotopic (exact) mass is 434 g/mol. The highest BCUT2D eigenvalue weighted by Crippen LogP contribution is 2.35. The van der Waals surface area contributed by atoms with Gasteiger partial charge >= 0.3 is 6.18 Å². The van der Waals surface area contributed by atoms with E-state index in [0.29, 0.717) is 23.7 Å². The molecule has 28 heavy (non-hydrogen) atoms. The molecular weight excluding hydrogens is 416 g/mol. The second-order valence-electron chi connectivity index (χ2n) is 6.35. The molecule has 0 atom stereocenters. The standard InChI is InChI=1S/C19H19Cl2F3N2O2/c1-26(2)7-6-11-8-13(20)10-14(17(11)28-3)18(27)25-16-5-4-12(9-15(16)21)19(22,23)24/h4-5,8-10H,6-7H2,1-3H3,(H,25,27). The zero-order valence-electron chi connectivity index (χ0n) is 15.5. The highest BCUT2D eigenvalue weighted by Gasteiger charge is 2.31. The Hall–Kier alpha value is -1.96. The predicted octanol–water partition coefficient (Wildman–Crippen LogP) is 5.38. The Kier molecular flexibility index (Phi) is 7.20. The molecule has 0 radical (unpaired) electrons. The average Bonchev–Trinajstić information content (AvgIpc) is 2.60. The Balaban J connectivity index is 2.34. The molecule has 2 aromatic carbocycles. The second kappa shape index (κ2) is 9.03. The predicted molar refractivity (Wildman–Crippen MR) is 105 cm³/mol. The molecule has 0 saturated heterocycles. The molecule has 4 nitrogen and oxygen atoms in total. The lowest BCUT2D eigenvalue weighted by Crippen LogP contribution is -2.18. The molecule has 0 unspecified atom stereocenters. The molecule has 0 bridgehead atoms. The molecule has 152 valence electrons. The molecule has 2 rings (SSSR count). The number of carbonyl (C=O) groups excluding carboxylic acids is 1. The smallest absolute Gasteiger partial charge is 0.416 e. The molecule has 1 N–H and O–H groups in total. The maximum Gasteiger partial charge on any atom is 0.416 e. The summed E-state index contributed by atoms with van der Waals surface area (Å²) in [6.07, 6.45) is -3.93. The number of amides is 1. The quantitative estimate of drug-likeness (QED) is 0.663. The van der Waals surface area contributed by atoms with Crippen molar-refractivity contribution < 1.29 is 22.7 Å². The molecular formula is C19H19Cl2F3N2O2. The number of rotatable bonds is 6. The number of hydrogen-bond acceptors (Lipinski definition) is 3. The van der Waals surface area contributed by atoms with Crippen LogP contribution in [0.4, 0.5) is 18.9 Å². The van der Waals surface area contributed by atoms with Crippen molar-refractivity contribution in [1.29, 1.82) is 0 Å². The summed E-state index contributed by atoms with van der Waals surface area (Å²) in [6, 6.07) is 5.86. The Morgan fingerprint density at radius 2 is 1.86 bits per heavy atom. The first-order valence-corrected chi connectivity index (χ1v) is 8.97. The summed E-state index contributed by atoms with van der Waals surface area (Å²) in [6.45, 7) is 0.711. The van der Waals surface area contributed by atoms with Gasteiger partial charge in [0.25, 0.3) is 5.91 Å². The molecule has 0 heterocycles. The van der Waals surface area contributed by atoms with Crippen molar-refractivity contribution in [3.8, 4) is 5.75 Å². The van der Waals surface area contributed by atoms with Gasteiger partial charge in [0.1, 0.15) is 5.75 Å². The molecule has 0 aliphatic heterocycles. The summed E-state index contributed by atoms with van der Waals surface area (Å²) < 4.78 is 43.7. The number of anilines is 1. The topological polar surface area (TPSA) is 41.6 Å². The lowest BCUT2D eigenvalue weighted by Gasteiger charge is -2.17. The van der Waals surface area contributed by atoms with Crippen molar-refractivity contribution in [2.75, 3.05) is 33.1 Å². The number of alkyl halides is 3. The van der Waals surface area contributed by atoms with Gasteiger partial charge in [0.2, 0.25) is 0 Å². The van der Waals surface area contributed by atoms with Crippen LogP contribution in [0.25, 0.3) is 0 Å². The number of likely N-dealkylation sites (N-methyl/N-ethyl adjacent to an activating group) is 1. The van der Waals surface area contributed by atoms with Crippen LogP contribution in [0.15, 0.2) is 30.3 Å². The van der Waals surface area contributed by atoms with E-state index in [1.807, 2.05) is 19.0 Å². The maximum absolute atomic E-state index is 12.8. The summed E-state index contributed by atoms with van der Waals surface area (Å²) in [7, 11) is 5.26. The van der Waals surface area contributed by atoms with Crippen molar-refractivity contribution in [1.82, 2.24) is 4.90 Å². The second-order valence-corrected chi connectivity index (χ2v) is 7.19. The molecule has 0 spiro atoms. The van der Waals surface area contributed by atoms with Gasteiger partial charge in [-0.05, 0) is 56.4 Å². The van der Waals surface area contributed by atoms with Crippen LogP contribution in [0, 0.1) is 0 Å². The molecule has 0 fully saturated rings. The zero-order chi connectivity index (χ0) is 21.1. The summed E-state index contributed by atoms with van der Waals surface area (Å²) in [5, 5.41) is 2.63. The highest BCUT2D eigenvalue weighted by atomic mass is 35.5. The maximum atomic E-state index is 12.8. The van der Waals surface area contributed by atoms with Crippen LogP contribution in [0.5, 0.6) is 5.75 Å². The Bertz CT molecular complexity index is 871. The van der Waals surface area contributed by atoms with E-state index < -0.39 is 17.6 Å². The van der Waals surface area contributed by atoms with Crippen LogP contribution in [0.2, 0.25) is 10.0 Å². The summed E-state index contributed by atoms with van der Waals surface area (Å²) >= 11 is 12.1. The van der Waals surface area contributed by atoms with Gasteiger partial charge in [0.15, 0.2) is 0 Å². The first kappa shape index (κ1) is 22.3. The minimum atomic E-state index is -4.52. The number of nitrogens with zero attached hydrogens (tertiary/aromatic N) is 1. The normalized spacial score (nSPS) is 11.6. The van der Waals surface area contributed by atoms with Crippen LogP contribution < -0.4 is 10.1 Å². The molecule has 0 aromatic heterocycles. The van der Waals surface area contributed by atoms with E-state index in [0.717, 1.165) is 23.8 Å². The van der Waals surface area contributed by atoms with Crippen molar-refractivity contribution in [2.24, 2.45) is 0 Å². The van der Waals surface area contributed by atoms with Crippen LogP contribution in [0.3, 0.4) is 0 Å². The lowest BCUT2D eigenvalue weighted by molar-refractivity contribution is -0.137. The first-order valence-electron chi connectivity index (χ1n) is 8.22. The number of halogens is 5. The number of ether oxygens (including phenoxy) is 1. The van der Waals surface area contributed by atoms with Crippen molar-refractivity contribution >= 4 is 34.8 Å². The Morgan fingerprint density at radius 1 is 1.18 bits per heavy atom. The summed E-state index contributed by atoms with van der Waals surface area (Å²) in [4.78, 5) is 14.7. The van der Waals surface area contributed by atoms with Crippen LogP contribution in [0.1, 0.15) is 21.5 Å².